The van der Waals surface area contributed by atoms with E-state index in [1.807, 2.05) is 17.9 Å². The highest BCUT2D eigenvalue weighted by Crippen LogP contribution is 2.30. The first-order valence-corrected chi connectivity index (χ1v) is 10.4. The van der Waals surface area contributed by atoms with Gasteiger partial charge in [-0.15, -0.1) is 0 Å². The summed E-state index contributed by atoms with van der Waals surface area (Å²) in [5.74, 6) is 2.04. The van der Waals surface area contributed by atoms with Gasteiger partial charge in [0.2, 0.25) is 5.95 Å². The molecule has 0 aliphatic carbocycles. The highest BCUT2D eigenvalue weighted by molar-refractivity contribution is 5.49. The van der Waals surface area contributed by atoms with Gasteiger partial charge < -0.3 is 19.6 Å². The topological polar surface area (TPSA) is 64.5 Å². The number of aromatic nitrogens is 4. The van der Waals surface area contributed by atoms with Gasteiger partial charge in [-0.1, -0.05) is 0 Å². The normalized spacial score (nSPS) is 18.6. The number of halogens is 3. The molecule has 4 rings (SSSR count). The zero-order chi connectivity index (χ0) is 22.2. The SMILES string of the molecule is Cc1cc(N2CCN(c3cc(C(F)(F)F)nc(C)n3)CC2)nc(N2CCN(C)CC2)n1. The van der Waals surface area contributed by atoms with E-state index in [9.17, 15) is 13.2 Å². The summed E-state index contributed by atoms with van der Waals surface area (Å²) in [6.45, 7) is 9.58. The Morgan fingerprint density at radius 3 is 1.84 bits per heavy atom. The Balaban J connectivity index is 1.46. The fourth-order valence-electron chi connectivity index (χ4n) is 3.87. The summed E-state index contributed by atoms with van der Waals surface area (Å²) in [4.78, 5) is 25.7. The van der Waals surface area contributed by atoms with E-state index in [1.54, 1.807) is 0 Å². The Morgan fingerprint density at radius 1 is 0.710 bits per heavy atom. The number of piperazine rings is 2. The molecule has 31 heavy (non-hydrogen) atoms. The number of nitrogens with zero attached hydrogens (tertiary/aromatic N) is 8. The Morgan fingerprint density at radius 2 is 1.26 bits per heavy atom. The van der Waals surface area contributed by atoms with Crippen LogP contribution in [-0.4, -0.2) is 84.2 Å². The van der Waals surface area contributed by atoms with Gasteiger partial charge in [0.15, 0.2) is 0 Å². The molecule has 2 aliphatic rings. The van der Waals surface area contributed by atoms with Crippen LogP contribution in [0.15, 0.2) is 12.1 Å². The number of likely N-dealkylation sites (N-methyl/N-ethyl adjacent to an activating group) is 1. The molecule has 0 N–H and O–H groups in total. The molecular weight excluding hydrogens is 409 g/mol. The van der Waals surface area contributed by atoms with Gasteiger partial charge in [-0.25, -0.2) is 15.0 Å². The summed E-state index contributed by atoms with van der Waals surface area (Å²) in [6.07, 6.45) is -4.48. The maximum absolute atomic E-state index is 13.1. The van der Waals surface area contributed by atoms with Gasteiger partial charge in [0, 0.05) is 70.2 Å². The molecule has 2 fully saturated rings. The first-order valence-electron chi connectivity index (χ1n) is 10.4. The lowest BCUT2D eigenvalue weighted by Gasteiger charge is -2.37. The van der Waals surface area contributed by atoms with Gasteiger partial charge in [-0.05, 0) is 20.9 Å². The van der Waals surface area contributed by atoms with Crippen molar-refractivity contribution in [3.8, 4) is 0 Å². The number of hydrogen-bond acceptors (Lipinski definition) is 8. The van der Waals surface area contributed by atoms with Crippen molar-refractivity contribution in [1.29, 1.82) is 0 Å². The first-order chi connectivity index (χ1) is 14.7. The van der Waals surface area contributed by atoms with E-state index in [0.717, 1.165) is 49.7 Å². The first kappa shape index (κ1) is 21.5. The lowest BCUT2D eigenvalue weighted by atomic mass is 10.2. The van der Waals surface area contributed by atoms with E-state index in [4.69, 9.17) is 4.98 Å². The summed E-state index contributed by atoms with van der Waals surface area (Å²) in [5, 5.41) is 0. The highest BCUT2D eigenvalue weighted by Gasteiger charge is 2.34. The van der Waals surface area contributed by atoms with Crippen LogP contribution in [0.5, 0.6) is 0 Å². The summed E-state index contributed by atoms with van der Waals surface area (Å²) in [7, 11) is 2.11. The molecule has 8 nitrogen and oxygen atoms in total. The summed E-state index contributed by atoms with van der Waals surface area (Å²) in [5.41, 5.74) is 0.00303. The molecule has 0 bridgehead atoms. The number of alkyl halides is 3. The van der Waals surface area contributed by atoms with Crippen LogP contribution in [0.2, 0.25) is 0 Å². The second-order valence-electron chi connectivity index (χ2n) is 8.09. The largest absolute Gasteiger partial charge is 0.433 e. The van der Waals surface area contributed by atoms with Crippen LogP contribution in [0.25, 0.3) is 0 Å². The lowest BCUT2D eigenvalue weighted by Crippen LogP contribution is -2.48. The summed E-state index contributed by atoms with van der Waals surface area (Å²) < 4.78 is 39.3. The third-order valence-corrected chi connectivity index (χ3v) is 5.66. The molecule has 4 heterocycles. The summed E-state index contributed by atoms with van der Waals surface area (Å²) in [6, 6.07) is 2.99. The molecule has 168 valence electrons. The standard InChI is InChI=1S/C20H27F3N8/c1-14-12-17(27-19(24-14)31-6-4-28(3)5-7-31)29-8-10-30(11-9-29)18-13-16(20(21,22)23)25-15(2)26-18/h12-13H,4-11H2,1-3H3. The molecule has 0 aromatic carbocycles. The van der Waals surface area contributed by atoms with Crippen LogP contribution in [0, 0.1) is 13.8 Å². The third kappa shape index (κ3) is 4.97. The molecule has 2 saturated heterocycles. The third-order valence-electron chi connectivity index (χ3n) is 5.66. The van der Waals surface area contributed by atoms with Crippen molar-refractivity contribution in [3.63, 3.8) is 0 Å². The van der Waals surface area contributed by atoms with Crippen LogP contribution in [-0.2, 0) is 6.18 Å². The van der Waals surface area contributed by atoms with E-state index >= 15 is 0 Å². The highest BCUT2D eigenvalue weighted by atomic mass is 19.4. The molecule has 0 spiro atoms. The maximum Gasteiger partial charge on any atom is 0.433 e. The van der Waals surface area contributed by atoms with Gasteiger partial charge in [0.25, 0.3) is 0 Å². The van der Waals surface area contributed by atoms with Gasteiger partial charge in [0.05, 0.1) is 0 Å². The van der Waals surface area contributed by atoms with Crippen molar-refractivity contribution in [3.05, 3.63) is 29.3 Å². The van der Waals surface area contributed by atoms with E-state index in [1.165, 1.54) is 6.92 Å². The quantitative estimate of drug-likeness (QED) is 0.724. The lowest BCUT2D eigenvalue weighted by molar-refractivity contribution is -0.141. The van der Waals surface area contributed by atoms with Crippen molar-refractivity contribution in [2.24, 2.45) is 0 Å². The zero-order valence-corrected chi connectivity index (χ0v) is 18.0. The van der Waals surface area contributed by atoms with Gasteiger partial charge in [-0.2, -0.15) is 18.2 Å². The molecule has 2 aliphatic heterocycles. The molecule has 2 aromatic heterocycles. The minimum Gasteiger partial charge on any atom is -0.353 e. The molecule has 0 amide bonds. The minimum atomic E-state index is -4.48. The predicted molar refractivity (Wildman–Crippen MR) is 113 cm³/mol. The zero-order valence-electron chi connectivity index (χ0n) is 18.0. The number of hydrogen-bond donors (Lipinski definition) is 0. The molecule has 0 radical (unpaired) electrons. The Kier molecular flexibility index (Phi) is 5.87. The summed E-state index contributed by atoms with van der Waals surface area (Å²) >= 11 is 0. The smallest absolute Gasteiger partial charge is 0.353 e. The van der Waals surface area contributed by atoms with E-state index < -0.39 is 11.9 Å². The van der Waals surface area contributed by atoms with Crippen LogP contribution >= 0.6 is 0 Å². The van der Waals surface area contributed by atoms with E-state index in [-0.39, 0.29) is 5.82 Å². The van der Waals surface area contributed by atoms with Gasteiger partial charge >= 0.3 is 6.18 Å². The van der Waals surface area contributed by atoms with Gasteiger partial charge in [-0.3, -0.25) is 0 Å². The van der Waals surface area contributed by atoms with Crippen molar-refractivity contribution < 1.29 is 13.2 Å². The molecule has 0 saturated carbocycles. The van der Waals surface area contributed by atoms with Crippen LogP contribution in [0.4, 0.5) is 30.8 Å². The Labute approximate surface area is 179 Å². The van der Waals surface area contributed by atoms with Crippen LogP contribution in [0.1, 0.15) is 17.2 Å². The van der Waals surface area contributed by atoms with Crippen LogP contribution in [0.3, 0.4) is 0 Å². The molecule has 0 unspecified atom stereocenters. The molecular formula is C20H27F3N8. The van der Waals surface area contributed by atoms with Crippen molar-refractivity contribution >= 4 is 17.6 Å². The number of rotatable bonds is 3. The fourth-order valence-corrected chi connectivity index (χ4v) is 3.87. The maximum atomic E-state index is 13.1. The predicted octanol–water partition coefficient (Wildman–Crippen LogP) is 1.98. The minimum absolute atomic E-state index is 0.121. The van der Waals surface area contributed by atoms with Crippen molar-refractivity contribution in [2.45, 2.75) is 20.0 Å². The van der Waals surface area contributed by atoms with Crippen molar-refractivity contribution in [2.75, 3.05) is 74.1 Å². The van der Waals surface area contributed by atoms with Crippen molar-refractivity contribution in [1.82, 2.24) is 24.8 Å². The average molecular weight is 436 g/mol. The molecule has 0 atom stereocenters. The monoisotopic (exact) mass is 436 g/mol. The molecule has 11 heteroatoms. The number of anilines is 3. The Bertz CT molecular complexity index is 919. The fraction of sp³-hybridized carbons (Fsp3) is 0.600. The second-order valence-corrected chi connectivity index (χ2v) is 8.09. The molecule has 2 aromatic rings. The second kappa shape index (κ2) is 8.45. The van der Waals surface area contributed by atoms with Gasteiger partial charge in [0.1, 0.15) is 23.2 Å². The van der Waals surface area contributed by atoms with E-state index in [0.29, 0.717) is 32.0 Å². The Hall–Kier alpha value is -2.69. The van der Waals surface area contributed by atoms with Crippen LogP contribution < -0.4 is 14.7 Å². The average Bonchev–Trinajstić information content (AvgIpc) is 2.73. The van der Waals surface area contributed by atoms with E-state index in [2.05, 4.69) is 36.7 Å². The number of aryl methyl sites for hydroxylation is 2.